The van der Waals surface area contributed by atoms with E-state index in [2.05, 4.69) is 222 Å². The Hall–Kier alpha value is -7.83. The Morgan fingerprint density at radius 2 is 0.663 bits per heavy atom. The molecule has 1 unspecified atom stereocenters. The van der Waals surface area contributed by atoms with E-state index in [0.29, 0.717) is 0 Å². The maximum atomic E-state index is 7.26. The standard InChI is InChI=1S/C75H91N7O4/c1-9-11-12-13-23-52(22-10-2)83-68-28-18-14-24-56(68)72-60-32-34-62(76-60)73(57-25-15-19-29-69(57)84-53-40-46-80(3,4)47-41-53)64-36-38-66(78-64)75(59-27-17-21-31-71(59)86-55-44-50-82(7,8)51-45-55)67-39-37-65(79-67)74(63-35-33-61(72)77-63)58-26-16-20-30-70(58)85-54-42-48-81(5,6)49-43-54/h14-21,24-39,52,76-79H,9-13,22-23,40-51H2,1-8H3/q+6. The number of para-hydroxylation sites is 4. The highest BCUT2D eigenvalue weighted by Gasteiger charge is 2.41. The quantitative estimate of drug-likeness (QED) is 0.0368. The van der Waals surface area contributed by atoms with Crippen molar-refractivity contribution in [3.8, 4) is 23.0 Å². The lowest BCUT2D eigenvalue weighted by molar-refractivity contribution is -0.894. The number of ether oxygens (including phenoxy) is 4. The van der Waals surface area contributed by atoms with E-state index in [1.54, 1.807) is 0 Å². The van der Waals surface area contributed by atoms with Crippen molar-refractivity contribution >= 4 is 22.3 Å². The number of unbranched alkanes of at least 4 members (excludes halogenated alkanes) is 3. The van der Waals surface area contributed by atoms with Crippen molar-refractivity contribution in [2.75, 3.05) is 81.6 Å². The first kappa shape index (κ1) is 58.5. The summed E-state index contributed by atoms with van der Waals surface area (Å²) in [5, 5.41) is 3.81. The Morgan fingerprint density at radius 3 is 0.988 bits per heavy atom. The van der Waals surface area contributed by atoms with Crippen molar-refractivity contribution in [1.29, 1.82) is 0 Å². The maximum absolute atomic E-state index is 7.26. The van der Waals surface area contributed by atoms with Crippen LogP contribution in [0.1, 0.15) is 142 Å². The molecule has 4 aliphatic heterocycles. The van der Waals surface area contributed by atoms with Gasteiger partial charge in [-0.05, 0) is 92.1 Å². The minimum Gasteiger partial charge on any atom is -0.490 e. The molecule has 86 heavy (non-hydrogen) atoms. The summed E-state index contributed by atoms with van der Waals surface area (Å²) in [6.07, 6.45) is 16.8. The maximum Gasteiger partial charge on any atom is 0.301 e. The molecular formula is C75H91N7O4+6. The first-order chi connectivity index (χ1) is 41.7. The third kappa shape index (κ3) is 13.1. The summed E-state index contributed by atoms with van der Waals surface area (Å²) in [5.41, 5.74) is 11.8. The number of piperidine rings is 3. The van der Waals surface area contributed by atoms with E-state index in [4.69, 9.17) is 18.9 Å². The first-order valence-corrected chi connectivity index (χ1v) is 32.0. The van der Waals surface area contributed by atoms with Crippen LogP contribution in [-0.4, -0.2) is 121 Å². The number of aromatic nitrogens is 4. The van der Waals surface area contributed by atoms with Crippen LogP contribution in [0.4, 0.5) is 0 Å². The van der Waals surface area contributed by atoms with Gasteiger partial charge in [-0.25, -0.2) is 0 Å². The van der Waals surface area contributed by atoms with Crippen LogP contribution in [-0.2, 0) is 0 Å². The van der Waals surface area contributed by atoms with Crippen molar-refractivity contribution in [1.82, 2.24) is 19.9 Å². The lowest BCUT2D eigenvalue weighted by atomic mass is 10.0. The molecule has 1 atom stereocenters. The third-order valence-electron chi connectivity index (χ3n) is 18.5. The summed E-state index contributed by atoms with van der Waals surface area (Å²) in [7, 11) is 13.9. The first-order valence-electron chi connectivity index (χ1n) is 32.0. The van der Waals surface area contributed by atoms with E-state index in [-0.39, 0.29) is 6.10 Å². The number of quaternary nitrogens is 3. The second-order valence-corrected chi connectivity index (χ2v) is 26.6. The molecule has 4 N–H and O–H groups in total. The predicted octanol–water partition coefficient (Wildman–Crippen LogP) is 12.2. The van der Waals surface area contributed by atoms with Crippen molar-refractivity contribution in [3.63, 3.8) is 0 Å². The summed E-state index contributed by atoms with van der Waals surface area (Å²) in [4.78, 5) is 16.3. The van der Waals surface area contributed by atoms with Crippen LogP contribution in [0, 0.1) is 18.3 Å². The van der Waals surface area contributed by atoms with Gasteiger partial charge in [0.05, 0.1) is 48.4 Å². The molecule has 444 valence electrons. The minimum absolute atomic E-state index is 0.0947. The number of fused-ring (bicyclic) bond motifs is 8. The zero-order valence-corrected chi connectivity index (χ0v) is 52.3. The Bertz CT molecular complexity index is 3880. The molecule has 0 aliphatic carbocycles. The fourth-order valence-corrected chi connectivity index (χ4v) is 13.2. The van der Waals surface area contributed by atoms with E-state index in [9.17, 15) is 0 Å². The molecule has 8 bridgehead atoms. The molecule has 4 aromatic carbocycles. The van der Waals surface area contributed by atoms with Gasteiger partial charge in [-0.15, -0.1) is 0 Å². The van der Waals surface area contributed by atoms with Gasteiger partial charge >= 0.3 is 18.3 Å². The van der Waals surface area contributed by atoms with Crippen LogP contribution in [0.3, 0.4) is 0 Å². The highest BCUT2D eigenvalue weighted by atomic mass is 16.5. The fraction of sp³-hybridized carbons (Fsp3) is 0.373. The third-order valence-corrected chi connectivity index (χ3v) is 18.5. The number of H-pyrrole nitrogens is 4. The Labute approximate surface area is 510 Å². The number of benzene rings is 4. The monoisotopic (exact) mass is 1150 g/mol. The van der Waals surface area contributed by atoms with Gasteiger partial charge in [-0.3, -0.25) is 0 Å². The Balaban J connectivity index is 1.11. The van der Waals surface area contributed by atoms with E-state index in [1.165, 1.54) is 19.3 Å². The average molecular weight is 1150 g/mol. The summed E-state index contributed by atoms with van der Waals surface area (Å²) >= 11 is 0. The molecule has 4 aromatic heterocycles. The summed E-state index contributed by atoms with van der Waals surface area (Å²) in [6.45, 7) is 10.8. The van der Waals surface area contributed by atoms with Gasteiger partial charge in [-0.1, -0.05) is 112 Å². The highest BCUT2D eigenvalue weighted by molar-refractivity contribution is 5.88. The minimum atomic E-state index is 0.0947. The van der Waals surface area contributed by atoms with Crippen LogP contribution >= 0.6 is 0 Å². The Morgan fingerprint density at radius 1 is 0.349 bits per heavy atom. The average Bonchev–Trinajstić information content (AvgIpc) is 2.79. The van der Waals surface area contributed by atoms with Gasteiger partial charge in [0.15, 0.2) is 55.8 Å². The van der Waals surface area contributed by atoms with Gasteiger partial charge in [0.1, 0.15) is 45.0 Å². The lowest BCUT2D eigenvalue weighted by Crippen LogP contribution is -2.46. The van der Waals surface area contributed by atoms with Gasteiger partial charge in [0.2, 0.25) is 0 Å². The summed E-state index contributed by atoms with van der Waals surface area (Å²) in [5.74, 6) is 3.39. The van der Waals surface area contributed by atoms with Crippen LogP contribution in [0.15, 0.2) is 146 Å². The van der Waals surface area contributed by atoms with E-state index in [1.807, 2.05) is 0 Å². The molecule has 0 radical (unpaired) electrons. The number of aromatic amines is 4. The summed E-state index contributed by atoms with van der Waals surface area (Å²) in [6, 6.07) is 52.3. The van der Waals surface area contributed by atoms with Gasteiger partial charge < -0.3 is 52.3 Å². The Kier molecular flexibility index (Phi) is 17.2. The number of rotatable bonds is 19. The van der Waals surface area contributed by atoms with E-state index < -0.39 is 0 Å². The molecule has 4 aliphatic rings. The van der Waals surface area contributed by atoms with Crippen LogP contribution in [0.25, 0.3) is 22.3 Å². The topological polar surface area (TPSA) is 100 Å². The molecule has 12 rings (SSSR count). The molecule has 11 nitrogen and oxygen atoms in total. The predicted molar refractivity (Wildman–Crippen MR) is 347 cm³/mol. The number of nitrogens with one attached hydrogen (secondary N) is 4. The normalized spacial score (nSPS) is 17.8. The lowest BCUT2D eigenvalue weighted by Gasteiger charge is -2.31. The van der Waals surface area contributed by atoms with Crippen molar-refractivity contribution < 1.29 is 32.4 Å². The van der Waals surface area contributed by atoms with Crippen LogP contribution < -0.4 is 40.3 Å². The second kappa shape index (κ2) is 25.2. The van der Waals surface area contributed by atoms with Gasteiger partial charge in [0, 0.05) is 88.7 Å². The molecule has 0 saturated carbocycles. The van der Waals surface area contributed by atoms with Crippen molar-refractivity contribution in [2.45, 2.75) is 103 Å². The zero-order valence-electron chi connectivity index (χ0n) is 52.3. The molecule has 8 aromatic rings. The van der Waals surface area contributed by atoms with E-state index >= 15 is 0 Å². The number of nitrogens with zero attached hydrogens (tertiary/aromatic N) is 3. The number of hydrogen-bond acceptors (Lipinski definition) is 4. The fourth-order valence-electron chi connectivity index (χ4n) is 13.2. The van der Waals surface area contributed by atoms with Crippen LogP contribution in [0.2, 0.25) is 0 Å². The number of hydrogen-bond donors (Lipinski definition) is 4. The van der Waals surface area contributed by atoms with Crippen molar-refractivity contribution in [2.24, 2.45) is 0 Å². The smallest absolute Gasteiger partial charge is 0.301 e. The molecule has 0 spiro atoms. The zero-order chi connectivity index (χ0) is 59.4. The van der Waals surface area contributed by atoms with Crippen LogP contribution in [0.5, 0.6) is 23.0 Å². The van der Waals surface area contributed by atoms with Crippen molar-refractivity contribution in [3.05, 3.63) is 230 Å². The second-order valence-electron chi connectivity index (χ2n) is 26.6. The van der Waals surface area contributed by atoms with Gasteiger partial charge in [-0.2, -0.15) is 0 Å². The molecule has 8 heterocycles. The molecule has 3 fully saturated rings. The highest BCUT2D eigenvalue weighted by Crippen LogP contribution is 2.40. The molecule has 11 heteroatoms. The molecule has 0 amide bonds. The molecule has 3 saturated heterocycles. The summed E-state index contributed by atoms with van der Waals surface area (Å²) < 4.78 is 31.5. The van der Waals surface area contributed by atoms with Gasteiger partial charge in [0.25, 0.3) is 0 Å². The number of likely N-dealkylation sites (tertiary alicyclic amines) is 3. The SMILES string of the molecule is CCCCCCC(CCC)Oc1ccccc1C1=c2ccc([nH]2)=C(c2ccccc2O[C+]2CC[N+](C)(C)CC2)c2ccc([nH]2)C(c2ccccc2O[C+]2CC[N+](C)(C)CC2)=c2ccc([nH]2)=C(c2ccccc2O[C+]2CC[N+](C)(C)CC2)c2ccc1[nH]2. The van der Waals surface area contributed by atoms with E-state index in [0.717, 1.165) is 247 Å². The molecular weight excluding hydrogens is 1060 g/mol. The largest absolute Gasteiger partial charge is 0.490 e.